The van der Waals surface area contributed by atoms with Gasteiger partial charge in [0.05, 0.1) is 112 Å². The van der Waals surface area contributed by atoms with E-state index in [4.69, 9.17) is 69.9 Å². The number of ether oxygens (including phenoxy) is 7. The molecule has 12 atom stereocenters. The molecule has 99 heavy (non-hydrogen) atoms. The average Bonchev–Trinajstić information content (AvgIpc) is 1.71. The molecule has 0 aromatic heterocycles. The third-order valence-electron chi connectivity index (χ3n) is 12.0. The molecular weight excluding hydrogens is 1540 g/mol. The number of aliphatic hydroxyl groups excluding tert-OH is 7. The fraction of sp³-hybridized carbons (Fsp3) is 0.778. The number of thioether (sulfide) groups is 2. The Hall–Kier alpha value is -1.28. The number of cyclic esters (lactones) is 6. The number of amides is 6. The van der Waals surface area contributed by atoms with Gasteiger partial charge in [-0.2, -0.15) is 24.4 Å². The van der Waals surface area contributed by atoms with Crippen LogP contribution in [0.15, 0.2) is 25.3 Å². The van der Waals surface area contributed by atoms with Crippen molar-refractivity contribution in [2.75, 3.05) is 111 Å². The second-order valence-corrected chi connectivity index (χ2v) is 32.6. The maximum atomic E-state index is 11.9. The SMILES string of the molecule is C=CC(O)CSCC1(C)COC(=O)N1.C=CC1CO1.CC(=O)SCC1(C)COC(=O)N1.CC(=O)[S-].CC(C)(C)OCl.CC1(CCl)COC(=O)N1.CC1(CS(=O)(=O)CC(O)C(O)CO)COC(=O)N1.CC1(CS(=O)(=O)CC(O)C(O)CO)COC(=O)N1Cl.CC1(CS)COC(=O)N1.[K+].[Na+].[OH-]. The van der Waals surface area contributed by atoms with Crippen LogP contribution in [0.2, 0.25) is 0 Å². The number of carbonyl (C=O) groups excluding carboxylic acids is 8. The monoisotopic (exact) mass is 1630 g/mol. The van der Waals surface area contributed by atoms with Gasteiger partial charge in [0.25, 0.3) is 0 Å². The fourth-order valence-corrected chi connectivity index (χ4v) is 13.1. The summed E-state index contributed by atoms with van der Waals surface area (Å²) in [4.78, 5) is 84.2. The summed E-state index contributed by atoms with van der Waals surface area (Å²) in [6.07, 6.45) is -6.03. The molecule has 7 rings (SSSR count). The van der Waals surface area contributed by atoms with Gasteiger partial charge in [-0.25, -0.2) is 50.0 Å². The van der Waals surface area contributed by atoms with Crippen molar-refractivity contribution < 1.29 is 215 Å². The first-order valence-corrected chi connectivity index (χ1v) is 36.5. The topological polar surface area (TPSA) is 517 Å². The smallest absolute Gasteiger partial charge is 0.870 e. The van der Waals surface area contributed by atoms with Gasteiger partial charge in [0.2, 0.25) is 0 Å². The van der Waals surface area contributed by atoms with Gasteiger partial charge in [-0.3, -0.25) is 9.08 Å². The number of hydrogen-bond donors (Lipinski definition) is 13. The Bertz CT molecular complexity index is 2730. The molecule has 7 aliphatic rings. The number of epoxide rings is 1. The molecule has 0 aromatic rings. The minimum atomic E-state index is -3.81. The first-order chi connectivity index (χ1) is 43.9. The molecule has 0 saturated carbocycles. The van der Waals surface area contributed by atoms with Crippen molar-refractivity contribution in [1.29, 1.82) is 0 Å². The number of halogens is 3. The first kappa shape index (κ1) is 106. The molecule has 0 aliphatic carbocycles. The van der Waals surface area contributed by atoms with Crippen LogP contribution in [-0.4, -0.2) is 296 Å². The van der Waals surface area contributed by atoms with E-state index in [1.807, 2.05) is 48.5 Å². The summed E-state index contributed by atoms with van der Waals surface area (Å²) in [6.45, 7) is 26.6. The van der Waals surface area contributed by atoms with Crippen molar-refractivity contribution in [3.8, 4) is 0 Å². The van der Waals surface area contributed by atoms with Gasteiger partial charge in [-0.1, -0.05) is 23.9 Å². The Morgan fingerprint density at radius 1 is 0.687 bits per heavy atom. The minimum Gasteiger partial charge on any atom is -0.870 e. The molecule has 12 unspecified atom stereocenters. The van der Waals surface area contributed by atoms with Gasteiger partial charge in [-0.05, 0) is 69.2 Å². The molecule has 0 radical (unpaired) electrons. The third-order valence-corrected chi connectivity index (χ3v) is 20.8. The Labute approximate surface area is 677 Å². The van der Waals surface area contributed by atoms with Gasteiger partial charge < -0.3 is 118 Å². The number of carbonyl (C=O) groups is 8. The van der Waals surface area contributed by atoms with Gasteiger partial charge >= 0.3 is 118 Å². The van der Waals surface area contributed by atoms with E-state index < -0.39 is 116 Å². The van der Waals surface area contributed by atoms with E-state index >= 15 is 0 Å². The summed E-state index contributed by atoms with van der Waals surface area (Å²) in [5, 5.41) is 76.2. The van der Waals surface area contributed by atoms with Crippen molar-refractivity contribution in [3.63, 3.8) is 0 Å². The second-order valence-electron chi connectivity index (χ2n) is 24.6. The van der Waals surface area contributed by atoms with Crippen LogP contribution in [0.25, 0.3) is 0 Å². The normalized spacial score (nSPS) is 26.4. The number of thiol groups is 1. The molecule has 34 nitrogen and oxygen atoms in total. The van der Waals surface area contributed by atoms with Crippen molar-refractivity contribution in [2.45, 2.75) is 152 Å². The van der Waals surface area contributed by atoms with Gasteiger partial charge in [0, 0.05) is 52.7 Å². The molecule has 7 heterocycles. The predicted octanol–water partition coefficient (Wildman–Crippen LogP) is -4.80. The standard InChI is InChI=1S/C9H16ClNO7S.C9H17NO7S.C9H15NO3S.C7H11NO3S.C5H8ClNO2.C5H9NO2S.C4H9ClO.C4H6O.C2H4OS.K.Na.H2O/c1-9(4-18-8(15)11(9)10)5-19(16,17)3-7(14)6(13)2-12;1-9(4-17-8(14)10-9)5-18(15,16)3-7(13)6(12)2-11;1-3-7(11)4-14-6-9(2)5-13-8(12)10-9;1-5(9)12-4-7(2)3-11-6(10)8-7;1-5(2-6)3-9-4(8)7-5;1-5(3-9)2-8-4(7)6-5;1-4(2,3)6-5;1-2-4-3-5-4;1-2(3)4;;;/h6-7,12-14H,2-5H2,1H3;6-7,11-13H,2-5H2,1H3,(H,10,14);3,7,11H,1,4-6H2,2H3,(H,10,12);3-4H2,1-2H3,(H,8,10);2-3H2,1H3,(H,7,8);9H,2-3H2,1H3,(H,6,7);1-3H3;2,4H,1,3H2;1H3,(H,3,4);;;1H2/q;;;;;;;;;2*+1;/p-2. The Morgan fingerprint density at radius 2 is 1.03 bits per heavy atom. The van der Waals surface area contributed by atoms with Crippen LogP contribution in [0.1, 0.15) is 76.2 Å². The predicted molar refractivity (Wildman–Crippen MR) is 365 cm³/mol. The second kappa shape index (κ2) is 50.3. The quantitative estimate of drug-likeness (QED) is 0.00707. The number of nitrogens with zero attached hydrogens (tertiary/aromatic N) is 1. The van der Waals surface area contributed by atoms with Crippen LogP contribution < -0.4 is 108 Å². The van der Waals surface area contributed by atoms with E-state index in [0.29, 0.717) is 60.1 Å². The number of sulfone groups is 2. The zero-order valence-corrected chi connectivity index (χ0v) is 69.9. The molecule has 6 amide bonds. The molecule has 0 spiro atoms. The maximum absolute atomic E-state index is 11.9. The largest absolute Gasteiger partial charge is 1.00 e. The summed E-state index contributed by atoms with van der Waals surface area (Å²) in [7, 11) is -7.53. The number of nitrogens with one attached hydrogen (secondary N) is 5. The molecule has 45 heteroatoms. The van der Waals surface area contributed by atoms with E-state index in [1.165, 1.54) is 45.5 Å². The maximum Gasteiger partial charge on any atom is 1.00 e. The van der Waals surface area contributed by atoms with Crippen LogP contribution in [0.5, 0.6) is 0 Å². The molecule has 0 aromatic carbocycles. The zero-order chi connectivity index (χ0) is 74.9. The fourth-order valence-electron chi connectivity index (χ4n) is 6.75. The summed E-state index contributed by atoms with van der Waals surface area (Å²) >= 11 is 26.9. The van der Waals surface area contributed by atoms with Crippen LogP contribution in [-0.2, 0) is 79.3 Å². The Morgan fingerprint density at radius 3 is 1.27 bits per heavy atom. The van der Waals surface area contributed by atoms with Crippen LogP contribution in [0.4, 0.5) is 28.8 Å². The number of rotatable bonds is 22. The van der Waals surface area contributed by atoms with E-state index in [1.54, 1.807) is 17.8 Å². The summed E-state index contributed by atoms with van der Waals surface area (Å²) < 4.78 is 85.2. The average molecular weight is 1640 g/mol. The summed E-state index contributed by atoms with van der Waals surface area (Å²) in [6, 6.07) is 0. The van der Waals surface area contributed by atoms with Crippen molar-refractivity contribution in [2.24, 2.45) is 0 Å². The molecule has 7 fully saturated rings. The minimum absolute atomic E-state index is 0. The van der Waals surface area contributed by atoms with Gasteiger partial charge in [0.15, 0.2) is 24.8 Å². The van der Waals surface area contributed by atoms with Crippen molar-refractivity contribution in [3.05, 3.63) is 25.3 Å². The molecular formula is C54H95Cl3KN6NaO28S6. The van der Waals surface area contributed by atoms with Crippen LogP contribution in [0.3, 0.4) is 0 Å². The Kier molecular flexibility index (Phi) is 54.0. The number of alkyl halides is 1. The van der Waals surface area contributed by atoms with Gasteiger partial charge in [0.1, 0.15) is 57.4 Å². The van der Waals surface area contributed by atoms with E-state index in [-0.39, 0.29) is 156 Å². The summed E-state index contributed by atoms with van der Waals surface area (Å²) in [5.41, 5.74) is -3.75. The molecule has 568 valence electrons. The van der Waals surface area contributed by atoms with Crippen molar-refractivity contribution >= 4 is 150 Å². The van der Waals surface area contributed by atoms with E-state index in [9.17, 15) is 70.5 Å². The Balaban J connectivity index is -0.000000345. The molecule has 7 aliphatic heterocycles. The van der Waals surface area contributed by atoms with Crippen LogP contribution in [0, 0.1) is 0 Å². The van der Waals surface area contributed by atoms with Crippen molar-refractivity contribution in [1.82, 2.24) is 31.0 Å². The zero-order valence-electron chi connectivity index (χ0n) is 57.6. The molecule has 7 saturated heterocycles. The third kappa shape index (κ3) is 49.3. The van der Waals surface area contributed by atoms with Gasteiger partial charge in [-0.15, -0.1) is 24.8 Å². The number of alkyl carbamates (subject to hydrolysis) is 5. The molecule has 0 bridgehead atoms. The van der Waals surface area contributed by atoms with E-state index in [2.05, 4.69) is 88.2 Å². The number of aliphatic hydroxyl groups is 7. The summed E-state index contributed by atoms with van der Waals surface area (Å²) in [5.74, 6) is 0.499. The first-order valence-electron chi connectivity index (χ1n) is 28.5. The van der Waals surface area contributed by atoms with Crippen LogP contribution >= 0.6 is 71.4 Å². The molecule has 13 N–H and O–H groups in total. The number of hydrogen-bond acceptors (Lipinski definition) is 32. The van der Waals surface area contributed by atoms with E-state index in [0.717, 1.165) is 12.4 Å².